The predicted octanol–water partition coefficient (Wildman–Crippen LogP) is -1.84. The van der Waals surface area contributed by atoms with E-state index < -0.39 is 24.0 Å². The number of nitrogens with two attached hydrogens (primary N) is 2. The van der Waals surface area contributed by atoms with E-state index in [0.29, 0.717) is 0 Å². The highest BCUT2D eigenvalue weighted by Crippen LogP contribution is 1.92. The van der Waals surface area contributed by atoms with Crippen LogP contribution in [0, 0.1) is 0 Å². The average molecular weight is 221 g/mol. The van der Waals surface area contributed by atoms with Crippen molar-refractivity contribution in [2.45, 2.75) is 18.5 Å². The molecule has 0 aliphatic rings. The Hall–Kier alpha value is -0.790. The van der Waals surface area contributed by atoms with Gasteiger partial charge in [0.1, 0.15) is 6.04 Å². The fraction of sp³-hybridized carbons (Fsp3) is 0.714. The first kappa shape index (κ1) is 13.2. The lowest BCUT2D eigenvalue weighted by Gasteiger charge is -2.15. The summed E-state index contributed by atoms with van der Waals surface area (Å²) in [4.78, 5) is 21.8. The monoisotopic (exact) mass is 221 g/mol. The highest BCUT2D eigenvalue weighted by atomic mass is 32.1. The highest BCUT2D eigenvalue weighted by molar-refractivity contribution is 7.80. The predicted molar refractivity (Wildman–Crippen MR) is 55.1 cm³/mol. The van der Waals surface area contributed by atoms with Crippen LogP contribution in [-0.4, -0.2) is 41.4 Å². The summed E-state index contributed by atoms with van der Waals surface area (Å²) in [5.74, 6) is -1.48. The number of hydrogen-bond acceptors (Lipinski definition) is 5. The minimum absolute atomic E-state index is 0.167. The van der Waals surface area contributed by atoms with Gasteiger partial charge >= 0.3 is 5.97 Å². The number of hydrogen-bond donors (Lipinski definition) is 5. The van der Waals surface area contributed by atoms with E-state index in [4.69, 9.17) is 16.6 Å². The Morgan fingerprint density at radius 3 is 2.43 bits per heavy atom. The van der Waals surface area contributed by atoms with Crippen LogP contribution in [0.2, 0.25) is 0 Å². The maximum atomic E-state index is 11.2. The number of carbonyl (C=O) groups is 2. The van der Waals surface area contributed by atoms with E-state index in [-0.39, 0.29) is 18.7 Å². The van der Waals surface area contributed by atoms with E-state index in [1.807, 2.05) is 0 Å². The van der Waals surface area contributed by atoms with Crippen molar-refractivity contribution >= 4 is 24.5 Å². The zero-order valence-corrected chi connectivity index (χ0v) is 8.54. The van der Waals surface area contributed by atoms with Gasteiger partial charge in [-0.15, -0.1) is 0 Å². The zero-order valence-electron chi connectivity index (χ0n) is 7.64. The van der Waals surface area contributed by atoms with Crippen LogP contribution in [-0.2, 0) is 9.59 Å². The Labute approximate surface area is 87.4 Å². The molecule has 7 heteroatoms. The van der Waals surface area contributed by atoms with Crippen molar-refractivity contribution < 1.29 is 14.7 Å². The fourth-order valence-corrected chi connectivity index (χ4v) is 0.952. The van der Waals surface area contributed by atoms with E-state index in [0.717, 1.165) is 0 Å². The van der Waals surface area contributed by atoms with Gasteiger partial charge in [0, 0.05) is 5.75 Å². The minimum Gasteiger partial charge on any atom is -0.480 e. The van der Waals surface area contributed by atoms with Crippen molar-refractivity contribution in [2.24, 2.45) is 11.5 Å². The first-order valence-corrected chi connectivity index (χ1v) is 4.75. The highest BCUT2D eigenvalue weighted by Gasteiger charge is 2.21. The van der Waals surface area contributed by atoms with Crippen LogP contribution in [0.4, 0.5) is 0 Å². The van der Waals surface area contributed by atoms with Crippen molar-refractivity contribution in [3.05, 3.63) is 0 Å². The molecule has 2 atom stereocenters. The van der Waals surface area contributed by atoms with E-state index in [1.54, 1.807) is 0 Å². The average Bonchev–Trinajstić information content (AvgIpc) is 2.15. The standard InChI is InChI=1S/C7H15N3O3S/c8-2-1-5(7(12)13)10-6(11)4(9)3-14/h4-5,14H,1-3,8-9H2,(H,10,11)(H,12,13)/t4-,5-/m0/s1. The number of aliphatic carboxylic acids is 1. The first-order valence-electron chi connectivity index (χ1n) is 4.12. The molecular formula is C7H15N3O3S. The van der Waals surface area contributed by atoms with Gasteiger partial charge in [0.05, 0.1) is 6.04 Å². The van der Waals surface area contributed by atoms with E-state index in [1.165, 1.54) is 0 Å². The number of carbonyl (C=O) groups excluding carboxylic acids is 1. The molecule has 0 fully saturated rings. The number of carboxylic acid groups (broad SMARTS) is 1. The molecule has 0 bridgehead atoms. The van der Waals surface area contributed by atoms with Gasteiger partial charge in [-0.25, -0.2) is 4.79 Å². The molecule has 14 heavy (non-hydrogen) atoms. The Balaban J connectivity index is 4.15. The molecule has 0 spiro atoms. The molecule has 1 amide bonds. The molecule has 0 radical (unpaired) electrons. The summed E-state index contributed by atoms with van der Waals surface area (Å²) in [7, 11) is 0. The van der Waals surface area contributed by atoms with Crippen molar-refractivity contribution in [1.82, 2.24) is 5.32 Å². The fourth-order valence-electron chi connectivity index (χ4n) is 0.786. The van der Waals surface area contributed by atoms with Gasteiger partial charge in [-0.3, -0.25) is 4.79 Å². The van der Waals surface area contributed by atoms with Crippen LogP contribution >= 0.6 is 12.6 Å². The summed E-state index contributed by atoms with van der Waals surface area (Å²) in [6, 6.07) is -1.77. The third kappa shape index (κ3) is 4.45. The number of nitrogens with one attached hydrogen (secondary N) is 1. The Kier molecular flexibility index (Phi) is 6.26. The largest absolute Gasteiger partial charge is 0.480 e. The maximum absolute atomic E-state index is 11.2. The van der Waals surface area contributed by atoms with E-state index >= 15 is 0 Å². The maximum Gasteiger partial charge on any atom is 0.326 e. The summed E-state index contributed by atoms with van der Waals surface area (Å²) in [5.41, 5.74) is 10.5. The third-order valence-corrected chi connectivity index (χ3v) is 2.00. The number of rotatable bonds is 6. The van der Waals surface area contributed by atoms with Gasteiger partial charge in [0.25, 0.3) is 0 Å². The first-order chi connectivity index (χ1) is 6.52. The Bertz CT molecular complexity index is 212. The normalized spacial score (nSPS) is 14.5. The topological polar surface area (TPSA) is 118 Å². The molecule has 0 saturated heterocycles. The SMILES string of the molecule is NCC[C@H](NC(=O)[C@@H](N)CS)C(=O)O. The van der Waals surface area contributed by atoms with Gasteiger partial charge in [-0.2, -0.15) is 12.6 Å². The molecule has 0 aromatic heterocycles. The van der Waals surface area contributed by atoms with Gasteiger partial charge < -0.3 is 21.9 Å². The summed E-state index contributed by atoms with van der Waals surface area (Å²) >= 11 is 3.82. The van der Waals surface area contributed by atoms with Crippen molar-refractivity contribution in [3.8, 4) is 0 Å². The molecule has 6 N–H and O–H groups in total. The lowest BCUT2D eigenvalue weighted by Crippen LogP contribution is -2.49. The molecule has 6 nitrogen and oxygen atoms in total. The second kappa shape index (κ2) is 6.63. The molecule has 0 heterocycles. The molecule has 0 aliphatic heterocycles. The Morgan fingerprint density at radius 2 is 2.07 bits per heavy atom. The third-order valence-electron chi connectivity index (χ3n) is 1.60. The van der Waals surface area contributed by atoms with Crippen molar-refractivity contribution in [2.75, 3.05) is 12.3 Å². The molecule has 0 unspecified atom stereocenters. The molecule has 82 valence electrons. The number of amides is 1. The van der Waals surface area contributed by atoms with Crippen LogP contribution in [0.1, 0.15) is 6.42 Å². The van der Waals surface area contributed by atoms with Crippen LogP contribution in [0.15, 0.2) is 0 Å². The molecule has 0 rings (SSSR count). The summed E-state index contributed by atoms with van der Waals surface area (Å²) in [6.07, 6.45) is 0.181. The molecule has 0 saturated carbocycles. The second-order valence-electron chi connectivity index (χ2n) is 2.77. The van der Waals surface area contributed by atoms with Gasteiger partial charge in [0.2, 0.25) is 5.91 Å². The minimum atomic E-state index is -1.12. The number of thiol groups is 1. The Morgan fingerprint density at radius 1 is 1.50 bits per heavy atom. The van der Waals surface area contributed by atoms with Gasteiger partial charge in [-0.1, -0.05) is 0 Å². The molecule has 0 aliphatic carbocycles. The lowest BCUT2D eigenvalue weighted by atomic mass is 10.2. The van der Waals surface area contributed by atoms with Gasteiger partial charge in [-0.05, 0) is 13.0 Å². The lowest BCUT2D eigenvalue weighted by molar-refractivity contribution is -0.142. The second-order valence-corrected chi connectivity index (χ2v) is 3.13. The van der Waals surface area contributed by atoms with E-state index in [2.05, 4.69) is 17.9 Å². The summed E-state index contributed by atoms with van der Waals surface area (Å²) < 4.78 is 0. The summed E-state index contributed by atoms with van der Waals surface area (Å²) in [6.45, 7) is 0.188. The zero-order chi connectivity index (χ0) is 11.1. The van der Waals surface area contributed by atoms with Crippen molar-refractivity contribution in [1.29, 1.82) is 0 Å². The van der Waals surface area contributed by atoms with Crippen LogP contribution < -0.4 is 16.8 Å². The van der Waals surface area contributed by atoms with E-state index in [9.17, 15) is 9.59 Å². The van der Waals surface area contributed by atoms with Gasteiger partial charge in [0.15, 0.2) is 0 Å². The van der Waals surface area contributed by atoms with Crippen LogP contribution in [0.25, 0.3) is 0 Å². The van der Waals surface area contributed by atoms with Crippen LogP contribution in [0.3, 0.4) is 0 Å². The summed E-state index contributed by atoms with van der Waals surface area (Å²) in [5, 5.41) is 11.0. The van der Waals surface area contributed by atoms with Crippen LogP contribution in [0.5, 0.6) is 0 Å². The van der Waals surface area contributed by atoms with Crippen molar-refractivity contribution in [3.63, 3.8) is 0 Å². The number of carboxylic acids is 1. The quantitative estimate of drug-likeness (QED) is 0.338. The molecule has 0 aromatic carbocycles. The molecule has 0 aromatic rings. The smallest absolute Gasteiger partial charge is 0.326 e. The molecular weight excluding hydrogens is 206 g/mol.